The predicted octanol–water partition coefficient (Wildman–Crippen LogP) is 2.79. The van der Waals surface area contributed by atoms with Crippen molar-refractivity contribution in [3.05, 3.63) is 65.2 Å². The summed E-state index contributed by atoms with van der Waals surface area (Å²) < 4.78 is 51.0. The molecule has 1 aromatic carbocycles. The third-order valence-electron chi connectivity index (χ3n) is 2.79. The zero-order valence-corrected chi connectivity index (χ0v) is 10.2. The molecule has 2 rings (SSSR count). The molecule has 1 aromatic heterocycles. The Morgan fingerprint density at radius 3 is 2.30 bits per heavy atom. The number of nitrogens with two attached hydrogens (primary N) is 1. The Morgan fingerprint density at radius 2 is 1.80 bits per heavy atom. The Bertz CT molecular complexity index is 581. The number of hydrazine groups is 1. The summed E-state index contributed by atoms with van der Waals surface area (Å²) in [7, 11) is 0. The summed E-state index contributed by atoms with van der Waals surface area (Å²) in [4.78, 5) is 3.70. The molecular weight excluding hydrogens is 274 g/mol. The minimum atomic E-state index is -4.46. The van der Waals surface area contributed by atoms with Crippen LogP contribution in [0.4, 0.5) is 17.6 Å². The highest BCUT2D eigenvalue weighted by Crippen LogP contribution is 2.30. The average molecular weight is 285 g/mol. The van der Waals surface area contributed by atoms with Crippen LogP contribution in [-0.2, 0) is 6.18 Å². The highest BCUT2D eigenvalue weighted by Gasteiger charge is 2.31. The quantitative estimate of drug-likeness (QED) is 0.518. The van der Waals surface area contributed by atoms with Gasteiger partial charge in [-0.05, 0) is 18.2 Å². The first-order valence-electron chi connectivity index (χ1n) is 5.67. The predicted molar refractivity (Wildman–Crippen MR) is 64.8 cm³/mol. The normalized spacial score (nSPS) is 13.2. The number of rotatable bonds is 3. The molecule has 0 saturated carbocycles. The Kier molecular flexibility index (Phi) is 4.01. The third kappa shape index (κ3) is 2.94. The van der Waals surface area contributed by atoms with Crippen LogP contribution in [0.1, 0.15) is 22.9 Å². The van der Waals surface area contributed by atoms with Gasteiger partial charge in [0.25, 0.3) is 0 Å². The molecule has 2 aromatic rings. The number of hydrogen-bond acceptors (Lipinski definition) is 3. The smallest absolute Gasteiger partial charge is 0.271 e. The summed E-state index contributed by atoms with van der Waals surface area (Å²) in [6.07, 6.45) is -3.77. The van der Waals surface area contributed by atoms with Gasteiger partial charge in [0.15, 0.2) is 0 Å². The van der Waals surface area contributed by atoms with Crippen molar-refractivity contribution in [3.63, 3.8) is 0 Å². The number of pyridine rings is 1. The molecule has 1 unspecified atom stereocenters. The fraction of sp³-hybridized carbons (Fsp3) is 0.154. The molecule has 0 fully saturated rings. The number of hydrogen-bond donors (Lipinski definition) is 2. The summed E-state index contributed by atoms with van der Waals surface area (Å²) in [6, 6.07) is 7.06. The van der Waals surface area contributed by atoms with Crippen LogP contribution in [0.25, 0.3) is 0 Å². The molecule has 1 atom stereocenters. The van der Waals surface area contributed by atoms with E-state index in [0.717, 1.165) is 6.07 Å². The zero-order valence-electron chi connectivity index (χ0n) is 10.2. The molecule has 0 saturated heterocycles. The number of alkyl halides is 3. The van der Waals surface area contributed by atoms with Crippen molar-refractivity contribution in [1.29, 1.82) is 0 Å². The van der Waals surface area contributed by atoms with Crippen LogP contribution in [0.3, 0.4) is 0 Å². The van der Waals surface area contributed by atoms with E-state index in [4.69, 9.17) is 5.84 Å². The molecule has 3 nitrogen and oxygen atoms in total. The molecule has 3 N–H and O–H groups in total. The van der Waals surface area contributed by atoms with Gasteiger partial charge < -0.3 is 0 Å². The van der Waals surface area contributed by atoms with E-state index >= 15 is 0 Å². The summed E-state index contributed by atoms with van der Waals surface area (Å²) in [5.74, 6) is 4.83. The third-order valence-corrected chi connectivity index (χ3v) is 2.79. The highest BCUT2D eigenvalue weighted by atomic mass is 19.4. The second-order valence-corrected chi connectivity index (χ2v) is 4.09. The lowest BCUT2D eigenvalue weighted by atomic mass is 10.0. The summed E-state index contributed by atoms with van der Waals surface area (Å²) in [5, 5.41) is 0. The first-order chi connectivity index (χ1) is 9.43. The van der Waals surface area contributed by atoms with E-state index in [9.17, 15) is 17.6 Å². The summed E-state index contributed by atoms with van der Waals surface area (Å²) in [5.41, 5.74) is 1.89. The van der Waals surface area contributed by atoms with E-state index in [-0.39, 0.29) is 11.3 Å². The minimum absolute atomic E-state index is 0.200. The first-order valence-corrected chi connectivity index (χ1v) is 5.67. The van der Waals surface area contributed by atoms with Gasteiger partial charge in [0.1, 0.15) is 5.82 Å². The van der Waals surface area contributed by atoms with Gasteiger partial charge in [-0.2, -0.15) is 13.2 Å². The van der Waals surface area contributed by atoms with Crippen LogP contribution in [0.5, 0.6) is 0 Å². The maximum atomic E-state index is 13.7. The molecular formula is C13H11F4N3. The lowest BCUT2D eigenvalue weighted by molar-refractivity contribution is -0.137. The molecule has 0 radical (unpaired) electrons. The van der Waals surface area contributed by atoms with Crippen molar-refractivity contribution in [2.45, 2.75) is 12.2 Å². The second-order valence-electron chi connectivity index (χ2n) is 4.09. The van der Waals surface area contributed by atoms with Gasteiger partial charge in [0.05, 0.1) is 17.3 Å². The maximum Gasteiger partial charge on any atom is 0.417 e. The molecule has 0 aliphatic heterocycles. The number of halogens is 4. The van der Waals surface area contributed by atoms with Crippen molar-refractivity contribution in [2.75, 3.05) is 0 Å². The van der Waals surface area contributed by atoms with Crippen molar-refractivity contribution in [2.24, 2.45) is 5.84 Å². The van der Waals surface area contributed by atoms with Crippen LogP contribution in [0.15, 0.2) is 42.6 Å². The highest BCUT2D eigenvalue weighted by molar-refractivity contribution is 5.30. The van der Waals surface area contributed by atoms with E-state index < -0.39 is 23.6 Å². The number of aromatic nitrogens is 1. The van der Waals surface area contributed by atoms with Crippen molar-refractivity contribution < 1.29 is 17.6 Å². The van der Waals surface area contributed by atoms with Crippen LogP contribution in [-0.4, -0.2) is 4.98 Å². The van der Waals surface area contributed by atoms with Crippen molar-refractivity contribution in [1.82, 2.24) is 10.4 Å². The molecule has 7 heteroatoms. The molecule has 0 amide bonds. The van der Waals surface area contributed by atoms with Crippen molar-refractivity contribution >= 4 is 0 Å². The largest absolute Gasteiger partial charge is 0.417 e. The van der Waals surface area contributed by atoms with Gasteiger partial charge in [-0.25, -0.2) is 9.82 Å². The maximum absolute atomic E-state index is 13.7. The SMILES string of the molecule is NNC(c1ccc(C(F)(F)F)cn1)c1ccccc1F. The average Bonchev–Trinajstić information content (AvgIpc) is 2.41. The van der Waals surface area contributed by atoms with E-state index in [0.29, 0.717) is 6.20 Å². The fourth-order valence-electron chi connectivity index (χ4n) is 1.79. The van der Waals surface area contributed by atoms with Gasteiger partial charge in [0, 0.05) is 11.8 Å². The lowest BCUT2D eigenvalue weighted by Gasteiger charge is -2.17. The molecule has 0 aliphatic carbocycles. The Balaban J connectivity index is 2.36. The van der Waals surface area contributed by atoms with Crippen LogP contribution >= 0.6 is 0 Å². The molecule has 20 heavy (non-hydrogen) atoms. The van der Waals surface area contributed by atoms with Crippen LogP contribution in [0, 0.1) is 5.82 Å². The van der Waals surface area contributed by atoms with E-state index in [1.807, 2.05) is 0 Å². The lowest BCUT2D eigenvalue weighted by Crippen LogP contribution is -2.30. The number of nitrogens with zero attached hydrogens (tertiary/aromatic N) is 1. The molecule has 0 spiro atoms. The van der Waals surface area contributed by atoms with Crippen LogP contribution < -0.4 is 11.3 Å². The Morgan fingerprint density at radius 1 is 1.10 bits per heavy atom. The first kappa shape index (κ1) is 14.4. The standard InChI is InChI=1S/C13H11F4N3/c14-10-4-2-1-3-9(10)12(20-18)11-6-5-8(7-19-11)13(15,16)17/h1-7,12,20H,18H2. The Labute approximate surface area is 112 Å². The summed E-state index contributed by atoms with van der Waals surface area (Å²) >= 11 is 0. The summed E-state index contributed by atoms with van der Waals surface area (Å²) in [6.45, 7) is 0. The zero-order chi connectivity index (χ0) is 14.8. The number of nitrogens with one attached hydrogen (secondary N) is 1. The molecule has 0 bridgehead atoms. The number of benzene rings is 1. The molecule has 0 aliphatic rings. The fourth-order valence-corrected chi connectivity index (χ4v) is 1.79. The van der Waals surface area contributed by atoms with Gasteiger partial charge in [-0.1, -0.05) is 18.2 Å². The van der Waals surface area contributed by atoms with E-state index in [1.165, 1.54) is 24.3 Å². The molecule has 106 valence electrons. The monoisotopic (exact) mass is 285 g/mol. The van der Waals surface area contributed by atoms with E-state index in [2.05, 4.69) is 10.4 Å². The van der Waals surface area contributed by atoms with Gasteiger partial charge in [-0.15, -0.1) is 0 Å². The molecule has 1 heterocycles. The second kappa shape index (κ2) is 5.56. The minimum Gasteiger partial charge on any atom is -0.271 e. The topological polar surface area (TPSA) is 50.9 Å². The van der Waals surface area contributed by atoms with Gasteiger partial charge in [0.2, 0.25) is 0 Å². The van der Waals surface area contributed by atoms with Gasteiger partial charge in [-0.3, -0.25) is 10.8 Å². The van der Waals surface area contributed by atoms with E-state index in [1.54, 1.807) is 6.07 Å². The van der Waals surface area contributed by atoms with Crippen molar-refractivity contribution in [3.8, 4) is 0 Å². The van der Waals surface area contributed by atoms with Crippen LogP contribution in [0.2, 0.25) is 0 Å². The Hall–Kier alpha value is -1.99. The van der Waals surface area contributed by atoms with Gasteiger partial charge >= 0.3 is 6.18 Å².